The summed E-state index contributed by atoms with van der Waals surface area (Å²) in [5, 5.41) is 0. The highest BCUT2D eigenvalue weighted by Gasteiger charge is 2.31. The lowest BCUT2D eigenvalue weighted by atomic mass is 10.1. The van der Waals surface area contributed by atoms with Gasteiger partial charge < -0.3 is 5.73 Å². The van der Waals surface area contributed by atoms with Gasteiger partial charge in [0.25, 0.3) is 0 Å². The van der Waals surface area contributed by atoms with Crippen LogP contribution in [0.1, 0.15) is 24.8 Å². The summed E-state index contributed by atoms with van der Waals surface area (Å²) in [5.74, 6) is -0.571. The molecule has 0 bridgehead atoms. The van der Waals surface area contributed by atoms with Crippen molar-refractivity contribution < 1.29 is 12.8 Å². The first kappa shape index (κ1) is 14.4. The number of sulfonamides is 1. The summed E-state index contributed by atoms with van der Waals surface area (Å²) in [6, 6.07) is 3.94. The average Bonchev–Trinajstić information content (AvgIpc) is 2.74. The molecule has 4 nitrogen and oxygen atoms in total. The van der Waals surface area contributed by atoms with Crippen molar-refractivity contribution in [3.8, 4) is 0 Å². The van der Waals surface area contributed by atoms with Crippen molar-refractivity contribution in [1.29, 1.82) is 0 Å². The van der Waals surface area contributed by atoms with E-state index in [9.17, 15) is 12.8 Å². The Morgan fingerprint density at radius 1 is 1.42 bits per heavy atom. The molecule has 19 heavy (non-hydrogen) atoms. The third-order valence-corrected chi connectivity index (χ3v) is 5.17. The van der Waals surface area contributed by atoms with Crippen molar-refractivity contribution in [2.24, 2.45) is 11.7 Å². The number of aryl methyl sites for hydroxylation is 1. The highest BCUT2D eigenvalue weighted by Crippen LogP contribution is 2.26. The summed E-state index contributed by atoms with van der Waals surface area (Å²) < 4.78 is 40.7. The molecule has 1 aromatic carbocycles. The molecule has 1 saturated carbocycles. The third-order valence-electron chi connectivity index (χ3n) is 3.65. The van der Waals surface area contributed by atoms with Gasteiger partial charge in [-0.1, -0.05) is 12.5 Å². The second kappa shape index (κ2) is 5.56. The molecule has 0 aromatic heterocycles. The Kier molecular flexibility index (Phi) is 4.23. The topological polar surface area (TPSA) is 72.2 Å². The van der Waals surface area contributed by atoms with E-state index in [0.29, 0.717) is 12.1 Å². The van der Waals surface area contributed by atoms with Crippen LogP contribution in [0.2, 0.25) is 0 Å². The molecular weight excluding hydrogens is 267 g/mol. The molecule has 0 aliphatic heterocycles. The summed E-state index contributed by atoms with van der Waals surface area (Å²) in [4.78, 5) is -0.291. The highest BCUT2D eigenvalue weighted by atomic mass is 32.2. The number of halogens is 1. The van der Waals surface area contributed by atoms with Crippen LogP contribution >= 0.6 is 0 Å². The van der Waals surface area contributed by atoms with E-state index >= 15 is 0 Å². The van der Waals surface area contributed by atoms with E-state index in [2.05, 4.69) is 4.72 Å². The monoisotopic (exact) mass is 286 g/mol. The maximum Gasteiger partial charge on any atom is 0.243 e. The van der Waals surface area contributed by atoms with Gasteiger partial charge in [0.2, 0.25) is 10.0 Å². The van der Waals surface area contributed by atoms with Gasteiger partial charge in [0.15, 0.2) is 0 Å². The van der Waals surface area contributed by atoms with Gasteiger partial charge in [-0.15, -0.1) is 0 Å². The van der Waals surface area contributed by atoms with Crippen molar-refractivity contribution in [2.75, 3.05) is 6.54 Å². The lowest BCUT2D eigenvalue weighted by Crippen LogP contribution is -2.40. The fourth-order valence-electron chi connectivity index (χ4n) is 2.56. The maximum absolute atomic E-state index is 13.8. The predicted molar refractivity (Wildman–Crippen MR) is 71.6 cm³/mol. The van der Waals surface area contributed by atoms with Crippen LogP contribution in [-0.2, 0) is 10.0 Å². The lowest BCUT2D eigenvalue weighted by molar-refractivity contribution is 0.451. The summed E-state index contributed by atoms with van der Waals surface area (Å²) in [7, 11) is -3.81. The minimum absolute atomic E-state index is 0.142. The zero-order valence-electron chi connectivity index (χ0n) is 10.9. The molecule has 2 atom stereocenters. The molecular formula is C13H19FN2O2S. The van der Waals surface area contributed by atoms with Crippen LogP contribution in [0.5, 0.6) is 0 Å². The summed E-state index contributed by atoms with van der Waals surface area (Å²) >= 11 is 0. The molecule has 0 spiro atoms. The summed E-state index contributed by atoms with van der Waals surface area (Å²) in [6.07, 6.45) is 2.63. The molecule has 0 radical (unpaired) electrons. The minimum Gasteiger partial charge on any atom is -0.330 e. The highest BCUT2D eigenvalue weighted by molar-refractivity contribution is 7.89. The Bertz CT molecular complexity index is 560. The van der Waals surface area contributed by atoms with Gasteiger partial charge in [0.1, 0.15) is 10.7 Å². The predicted octanol–water partition coefficient (Wildman–Crippen LogP) is 1.54. The van der Waals surface area contributed by atoms with Crippen molar-refractivity contribution in [1.82, 2.24) is 4.72 Å². The van der Waals surface area contributed by atoms with Gasteiger partial charge in [-0.25, -0.2) is 17.5 Å². The molecule has 2 rings (SSSR count). The Hall–Kier alpha value is -0.980. The number of nitrogens with one attached hydrogen (secondary N) is 1. The van der Waals surface area contributed by atoms with Crippen LogP contribution in [0.3, 0.4) is 0 Å². The Morgan fingerprint density at radius 3 is 2.79 bits per heavy atom. The number of hydrogen-bond donors (Lipinski definition) is 2. The number of hydrogen-bond acceptors (Lipinski definition) is 3. The van der Waals surface area contributed by atoms with Crippen molar-refractivity contribution >= 4 is 10.0 Å². The van der Waals surface area contributed by atoms with Gasteiger partial charge >= 0.3 is 0 Å². The van der Waals surface area contributed by atoms with Gasteiger partial charge in [0.05, 0.1) is 0 Å². The minimum atomic E-state index is -3.81. The smallest absolute Gasteiger partial charge is 0.243 e. The maximum atomic E-state index is 13.8. The van der Waals surface area contributed by atoms with E-state index in [0.717, 1.165) is 19.3 Å². The van der Waals surface area contributed by atoms with Crippen LogP contribution in [0.15, 0.2) is 23.1 Å². The molecule has 0 amide bonds. The van der Waals surface area contributed by atoms with Crippen LogP contribution in [0.25, 0.3) is 0 Å². The van der Waals surface area contributed by atoms with E-state index in [1.165, 1.54) is 12.1 Å². The molecule has 0 saturated heterocycles. The normalized spacial score (nSPS) is 23.7. The quantitative estimate of drug-likeness (QED) is 0.882. The van der Waals surface area contributed by atoms with Crippen LogP contribution in [0, 0.1) is 18.7 Å². The first-order valence-corrected chi connectivity index (χ1v) is 7.91. The zero-order chi connectivity index (χ0) is 14.0. The second-order valence-corrected chi connectivity index (χ2v) is 6.77. The fraction of sp³-hybridized carbons (Fsp3) is 0.538. The Balaban J connectivity index is 2.23. The Morgan fingerprint density at radius 2 is 2.16 bits per heavy atom. The molecule has 3 N–H and O–H groups in total. The van der Waals surface area contributed by atoms with E-state index in [1.54, 1.807) is 13.0 Å². The standard InChI is InChI=1S/C13H19FN2O2S/c1-9-5-6-13(11(14)7-9)19(17,18)16-12-4-2-3-10(12)8-15/h5-7,10,12,16H,2-4,8,15H2,1H3/t10-,12-/m1/s1. The van der Waals surface area contributed by atoms with Crippen LogP contribution in [0.4, 0.5) is 4.39 Å². The largest absolute Gasteiger partial charge is 0.330 e. The van der Waals surface area contributed by atoms with E-state index in [1.807, 2.05) is 0 Å². The van der Waals surface area contributed by atoms with Crippen LogP contribution in [-0.4, -0.2) is 21.0 Å². The van der Waals surface area contributed by atoms with E-state index < -0.39 is 15.8 Å². The molecule has 1 fully saturated rings. The fourth-order valence-corrected chi connectivity index (χ4v) is 3.96. The molecule has 0 unspecified atom stereocenters. The molecule has 1 aromatic rings. The molecule has 1 aliphatic rings. The number of nitrogens with two attached hydrogens (primary N) is 1. The summed E-state index contributed by atoms with van der Waals surface area (Å²) in [6.45, 7) is 2.16. The van der Waals surface area contributed by atoms with Gasteiger partial charge in [-0.2, -0.15) is 0 Å². The molecule has 1 aliphatic carbocycles. The first-order valence-electron chi connectivity index (χ1n) is 6.42. The van der Waals surface area contributed by atoms with Gasteiger partial charge in [-0.05, 0) is 49.9 Å². The SMILES string of the molecule is Cc1ccc(S(=O)(=O)N[C@@H]2CCC[C@@H]2CN)c(F)c1. The lowest BCUT2D eigenvalue weighted by Gasteiger charge is -2.19. The summed E-state index contributed by atoms with van der Waals surface area (Å²) in [5.41, 5.74) is 6.31. The second-order valence-electron chi connectivity index (χ2n) is 5.09. The molecule has 6 heteroatoms. The van der Waals surface area contributed by atoms with Gasteiger partial charge in [0, 0.05) is 6.04 Å². The average molecular weight is 286 g/mol. The molecule has 0 heterocycles. The third kappa shape index (κ3) is 3.13. The Labute approximate surface area is 113 Å². The van der Waals surface area contributed by atoms with Crippen molar-refractivity contribution in [3.63, 3.8) is 0 Å². The molecule has 106 valence electrons. The van der Waals surface area contributed by atoms with Crippen LogP contribution < -0.4 is 10.5 Å². The van der Waals surface area contributed by atoms with Crippen molar-refractivity contribution in [2.45, 2.75) is 37.1 Å². The number of rotatable bonds is 4. The van der Waals surface area contributed by atoms with Gasteiger partial charge in [-0.3, -0.25) is 0 Å². The zero-order valence-corrected chi connectivity index (χ0v) is 11.7. The van der Waals surface area contributed by atoms with E-state index in [4.69, 9.17) is 5.73 Å². The van der Waals surface area contributed by atoms with Crippen molar-refractivity contribution in [3.05, 3.63) is 29.6 Å². The number of benzene rings is 1. The first-order chi connectivity index (χ1) is 8.94. The van der Waals surface area contributed by atoms with E-state index in [-0.39, 0.29) is 16.9 Å².